The highest BCUT2D eigenvalue weighted by Crippen LogP contribution is 2.44. The van der Waals surface area contributed by atoms with Crippen LogP contribution in [0, 0.1) is 0 Å². The molecule has 1 N–H and O–H groups in total. The molecule has 124 valence electrons. The molecule has 8 heteroatoms. The van der Waals surface area contributed by atoms with Gasteiger partial charge in [0.1, 0.15) is 18.3 Å². The highest BCUT2D eigenvalue weighted by Gasteiger charge is 2.55. The van der Waals surface area contributed by atoms with Crippen molar-refractivity contribution in [2.75, 3.05) is 6.61 Å². The maximum absolute atomic E-state index is 9.57. The van der Waals surface area contributed by atoms with Crippen LogP contribution >= 0.6 is 23.2 Å². The molecule has 4 rings (SSSR count). The van der Waals surface area contributed by atoms with E-state index in [9.17, 15) is 5.11 Å². The molecule has 1 aromatic heterocycles. The molecule has 2 saturated heterocycles. The fourth-order valence-electron chi connectivity index (χ4n) is 3.26. The first-order valence-corrected chi connectivity index (χ1v) is 8.09. The van der Waals surface area contributed by atoms with E-state index in [0.717, 1.165) is 5.52 Å². The molecule has 0 amide bonds. The van der Waals surface area contributed by atoms with E-state index in [1.807, 2.05) is 18.4 Å². The minimum atomic E-state index is -0.720. The summed E-state index contributed by atoms with van der Waals surface area (Å²) in [6, 6.07) is 3.46. The van der Waals surface area contributed by atoms with Gasteiger partial charge in [-0.05, 0) is 26.0 Å². The zero-order valence-electron chi connectivity index (χ0n) is 12.6. The zero-order chi connectivity index (χ0) is 16.4. The Morgan fingerprint density at radius 2 is 1.91 bits per heavy atom. The SMILES string of the molecule is CC1(C)OC2C(O1)[C@@H](CO)O[C@H]2n1cnc2cc(Cl)c(Cl)cc21. The first kappa shape index (κ1) is 15.6. The molecular formula is C15H16Cl2N2O4. The summed E-state index contributed by atoms with van der Waals surface area (Å²) in [5.74, 6) is -0.720. The summed E-state index contributed by atoms with van der Waals surface area (Å²) in [6.07, 6.45) is 0.0791. The second-order valence-electron chi connectivity index (χ2n) is 6.22. The number of hydrogen-bond acceptors (Lipinski definition) is 5. The van der Waals surface area contributed by atoms with Crippen LogP contribution in [0.5, 0.6) is 0 Å². The van der Waals surface area contributed by atoms with Crippen LogP contribution in [-0.4, -0.2) is 45.4 Å². The Morgan fingerprint density at radius 3 is 2.65 bits per heavy atom. The molecule has 6 nitrogen and oxygen atoms in total. The summed E-state index contributed by atoms with van der Waals surface area (Å²) in [4.78, 5) is 4.35. The number of imidazole rings is 1. The second-order valence-corrected chi connectivity index (χ2v) is 7.03. The number of ether oxygens (including phenoxy) is 3. The van der Waals surface area contributed by atoms with E-state index in [2.05, 4.69) is 4.98 Å². The maximum atomic E-state index is 9.57. The number of hydrogen-bond donors (Lipinski definition) is 1. The molecule has 4 atom stereocenters. The molecule has 2 aliphatic heterocycles. The van der Waals surface area contributed by atoms with Crippen LogP contribution in [0.4, 0.5) is 0 Å². The molecule has 0 spiro atoms. The van der Waals surface area contributed by atoms with Crippen molar-refractivity contribution in [1.29, 1.82) is 0 Å². The van der Waals surface area contributed by atoms with Gasteiger partial charge in [0.2, 0.25) is 0 Å². The van der Waals surface area contributed by atoms with Crippen molar-refractivity contribution in [1.82, 2.24) is 9.55 Å². The minimum Gasteiger partial charge on any atom is -0.394 e. The number of nitrogens with zero attached hydrogens (tertiary/aromatic N) is 2. The van der Waals surface area contributed by atoms with Gasteiger partial charge >= 0.3 is 0 Å². The standard InChI is InChI=1S/C15H16Cl2N2O4/c1-15(2)22-12-11(5-20)21-14(13(12)23-15)19-6-18-9-3-7(16)8(17)4-10(9)19/h3-4,6,11-14,20H,5H2,1-2H3/t11-,12?,13?,14-/m1/s1. The van der Waals surface area contributed by atoms with Crippen molar-refractivity contribution in [3.8, 4) is 0 Å². The molecule has 23 heavy (non-hydrogen) atoms. The Labute approximate surface area is 142 Å². The number of rotatable bonds is 2. The molecular weight excluding hydrogens is 343 g/mol. The fraction of sp³-hybridized carbons (Fsp3) is 0.533. The third-order valence-corrected chi connectivity index (χ3v) is 4.92. The van der Waals surface area contributed by atoms with E-state index in [1.54, 1.807) is 18.5 Å². The lowest BCUT2D eigenvalue weighted by Crippen LogP contribution is -2.31. The molecule has 3 heterocycles. The lowest BCUT2D eigenvalue weighted by molar-refractivity contribution is -0.199. The molecule has 2 aromatic rings. The number of fused-ring (bicyclic) bond motifs is 2. The van der Waals surface area contributed by atoms with Crippen molar-refractivity contribution in [3.05, 3.63) is 28.5 Å². The zero-order valence-corrected chi connectivity index (χ0v) is 14.1. The molecule has 0 saturated carbocycles. The van der Waals surface area contributed by atoms with Crippen LogP contribution in [0.25, 0.3) is 11.0 Å². The Hall–Kier alpha value is -0.890. The van der Waals surface area contributed by atoms with Gasteiger partial charge in [0.05, 0.1) is 34.0 Å². The molecule has 2 fully saturated rings. The Morgan fingerprint density at radius 1 is 1.22 bits per heavy atom. The molecule has 2 aliphatic rings. The number of aromatic nitrogens is 2. The van der Waals surface area contributed by atoms with E-state index in [-0.39, 0.29) is 18.8 Å². The van der Waals surface area contributed by atoms with Gasteiger partial charge in [0.15, 0.2) is 12.0 Å². The minimum absolute atomic E-state index is 0.143. The first-order chi connectivity index (χ1) is 10.9. The van der Waals surface area contributed by atoms with Crippen LogP contribution in [0.1, 0.15) is 20.1 Å². The van der Waals surface area contributed by atoms with E-state index < -0.39 is 18.1 Å². The summed E-state index contributed by atoms with van der Waals surface area (Å²) >= 11 is 12.2. The van der Waals surface area contributed by atoms with E-state index in [4.69, 9.17) is 37.4 Å². The van der Waals surface area contributed by atoms with Crippen LogP contribution in [0.15, 0.2) is 18.5 Å². The quantitative estimate of drug-likeness (QED) is 0.893. The first-order valence-electron chi connectivity index (χ1n) is 7.33. The number of halogens is 2. The largest absolute Gasteiger partial charge is 0.394 e. The number of benzene rings is 1. The van der Waals surface area contributed by atoms with Gasteiger partial charge < -0.3 is 23.9 Å². The van der Waals surface area contributed by atoms with Gasteiger partial charge in [-0.2, -0.15) is 0 Å². The monoisotopic (exact) mass is 358 g/mol. The van der Waals surface area contributed by atoms with Gasteiger partial charge in [-0.25, -0.2) is 4.98 Å². The van der Waals surface area contributed by atoms with E-state index >= 15 is 0 Å². The van der Waals surface area contributed by atoms with Gasteiger partial charge in [-0.1, -0.05) is 23.2 Å². The molecule has 1 aromatic carbocycles. The Bertz CT molecular complexity index is 763. The molecule has 0 bridgehead atoms. The lowest BCUT2D eigenvalue weighted by Gasteiger charge is -2.24. The fourth-order valence-corrected chi connectivity index (χ4v) is 3.57. The van der Waals surface area contributed by atoms with Crippen LogP contribution in [0.2, 0.25) is 10.0 Å². The molecule has 2 unspecified atom stereocenters. The topological polar surface area (TPSA) is 65.7 Å². The average molecular weight is 359 g/mol. The van der Waals surface area contributed by atoms with Gasteiger partial charge in [-0.15, -0.1) is 0 Å². The summed E-state index contributed by atoms with van der Waals surface area (Å²) in [6.45, 7) is 3.55. The molecule has 0 radical (unpaired) electrons. The second kappa shape index (κ2) is 5.31. The summed E-state index contributed by atoms with van der Waals surface area (Å²) in [5.41, 5.74) is 1.50. The number of aliphatic hydroxyl groups excluding tert-OH is 1. The molecule has 0 aliphatic carbocycles. The highest BCUT2D eigenvalue weighted by molar-refractivity contribution is 6.42. The van der Waals surface area contributed by atoms with Crippen molar-refractivity contribution in [2.24, 2.45) is 0 Å². The predicted molar refractivity (Wildman–Crippen MR) is 84.6 cm³/mol. The van der Waals surface area contributed by atoms with Crippen molar-refractivity contribution < 1.29 is 19.3 Å². The smallest absolute Gasteiger partial charge is 0.165 e. The summed E-state index contributed by atoms with van der Waals surface area (Å²) < 4.78 is 19.6. The van der Waals surface area contributed by atoms with E-state index in [0.29, 0.717) is 15.6 Å². The van der Waals surface area contributed by atoms with Crippen LogP contribution in [-0.2, 0) is 14.2 Å². The van der Waals surface area contributed by atoms with Crippen molar-refractivity contribution in [2.45, 2.75) is 44.2 Å². The Kier molecular flexibility index (Phi) is 3.61. The maximum Gasteiger partial charge on any atom is 0.165 e. The van der Waals surface area contributed by atoms with Crippen LogP contribution < -0.4 is 0 Å². The summed E-state index contributed by atoms with van der Waals surface area (Å²) in [5, 5.41) is 10.5. The van der Waals surface area contributed by atoms with Crippen LogP contribution in [0.3, 0.4) is 0 Å². The third kappa shape index (κ3) is 2.45. The van der Waals surface area contributed by atoms with Gasteiger partial charge in [-0.3, -0.25) is 0 Å². The van der Waals surface area contributed by atoms with Crippen molar-refractivity contribution >= 4 is 34.2 Å². The summed E-state index contributed by atoms with van der Waals surface area (Å²) in [7, 11) is 0. The lowest BCUT2D eigenvalue weighted by atomic mass is 10.1. The van der Waals surface area contributed by atoms with Gasteiger partial charge in [0.25, 0.3) is 0 Å². The van der Waals surface area contributed by atoms with Crippen molar-refractivity contribution in [3.63, 3.8) is 0 Å². The van der Waals surface area contributed by atoms with Gasteiger partial charge in [0, 0.05) is 0 Å². The third-order valence-electron chi connectivity index (χ3n) is 4.20. The average Bonchev–Trinajstić information content (AvgIpc) is 3.10. The highest BCUT2D eigenvalue weighted by atomic mass is 35.5. The Balaban J connectivity index is 1.77. The number of aliphatic hydroxyl groups is 1. The predicted octanol–water partition coefficient (Wildman–Crippen LogP) is 2.75. The van der Waals surface area contributed by atoms with E-state index in [1.165, 1.54) is 0 Å². The normalized spacial score (nSPS) is 32.6.